The van der Waals surface area contributed by atoms with Crippen molar-refractivity contribution in [2.45, 2.75) is 112 Å². The van der Waals surface area contributed by atoms with Crippen molar-refractivity contribution in [3.8, 4) is 5.75 Å². The number of hydrogen-bond donors (Lipinski definition) is 1. The highest BCUT2D eigenvalue weighted by atomic mass is 16.6. The lowest BCUT2D eigenvalue weighted by atomic mass is 9.91. The van der Waals surface area contributed by atoms with E-state index in [1.165, 1.54) is 7.11 Å². The fraction of sp³-hybridized carbons (Fsp3) is 0.710. The quantitative estimate of drug-likeness (QED) is 0.229. The van der Waals surface area contributed by atoms with Crippen LogP contribution in [0.3, 0.4) is 0 Å². The average Bonchev–Trinajstić information content (AvgIpc) is 2.81. The van der Waals surface area contributed by atoms with Gasteiger partial charge in [-0.2, -0.15) is 0 Å². The molecule has 0 heterocycles. The Balaban J connectivity index is -0.0000000598. The molecule has 0 aliphatic carbocycles. The molecule has 2 atom stereocenters. The van der Waals surface area contributed by atoms with E-state index in [0.29, 0.717) is 13.2 Å². The molecule has 38 heavy (non-hydrogen) atoms. The number of esters is 2. The molecule has 0 aliphatic rings. The van der Waals surface area contributed by atoms with Crippen molar-refractivity contribution in [3.05, 3.63) is 30.3 Å². The molecule has 0 aromatic heterocycles. The Bertz CT molecular complexity index is 643. The first kappa shape index (κ1) is 55.8. The van der Waals surface area contributed by atoms with Gasteiger partial charge in [0.25, 0.3) is 0 Å². The number of benzene rings is 1. The van der Waals surface area contributed by atoms with Crippen LogP contribution in [0.5, 0.6) is 5.75 Å². The van der Waals surface area contributed by atoms with E-state index in [4.69, 9.17) is 14.6 Å². The zero-order chi connectivity index (χ0) is 25.2. The number of carboxylic acids is 1. The first-order chi connectivity index (χ1) is 15.0. The topological polar surface area (TPSA) is 99.1 Å². The number of aliphatic carboxylic acids is 1. The maximum Gasteiger partial charge on any atom is 0.311 e. The van der Waals surface area contributed by atoms with E-state index in [1.54, 1.807) is 6.92 Å². The van der Waals surface area contributed by atoms with Crippen molar-refractivity contribution in [1.29, 1.82) is 0 Å². The van der Waals surface area contributed by atoms with Gasteiger partial charge in [-0.05, 0) is 45.2 Å². The maximum atomic E-state index is 11.3. The average molecular weight is 551 g/mol. The Kier molecular flexibility index (Phi) is 47.7. The summed E-state index contributed by atoms with van der Waals surface area (Å²) in [6.45, 7) is 13.8. The summed E-state index contributed by atoms with van der Waals surface area (Å²) in [7, 11) is 1.42. The van der Waals surface area contributed by atoms with Crippen molar-refractivity contribution in [2.24, 2.45) is 17.3 Å². The number of carbonyl (C=O) groups excluding carboxylic acids is 2. The number of hydrogen-bond acceptors (Lipinski definition) is 6. The predicted octanol–water partition coefficient (Wildman–Crippen LogP) is 9.18. The minimum atomic E-state index is -0.706. The molecule has 0 aliphatic heterocycles. The van der Waals surface area contributed by atoms with Crippen LogP contribution >= 0.6 is 0 Å². The van der Waals surface area contributed by atoms with E-state index >= 15 is 0 Å². The number of carbonyl (C=O) groups is 3. The molecule has 0 radical (unpaired) electrons. The molecule has 0 bridgehead atoms. The maximum absolute atomic E-state index is 11.3. The Morgan fingerprint density at radius 1 is 0.816 bits per heavy atom. The van der Waals surface area contributed by atoms with Gasteiger partial charge in [0.15, 0.2) is 0 Å². The van der Waals surface area contributed by atoms with Gasteiger partial charge < -0.3 is 19.3 Å². The third-order valence-electron chi connectivity index (χ3n) is 5.01. The van der Waals surface area contributed by atoms with Crippen molar-refractivity contribution < 1.29 is 33.7 Å². The summed E-state index contributed by atoms with van der Waals surface area (Å²) in [5.41, 5.74) is -0.311. The largest absolute Gasteiger partial charge is 0.490 e. The van der Waals surface area contributed by atoms with Crippen LogP contribution in [0.2, 0.25) is 0 Å². The van der Waals surface area contributed by atoms with Gasteiger partial charge in [-0.3, -0.25) is 14.4 Å². The van der Waals surface area contributed by atoms with Crippen LogP contribution in [0.4, 0.5) is 0 Å². The third kappa shape index (κ3) is 28.0. The zero-order valence-corrected chi connectivity index (χ0v) is 21.0. The SMILES string of the molecule is C.C.C.C.C.C.CCC(C)(C)C(=O)OC.CCC(C)C(=O)O.CCC(C)C(=O)OCCOc1ccccc1. The molecule has 0 amide bonds. The summed E-state index contributed by atoms with van der Waals surface area (Å²) in [4.78, 5) is 32.1. The second-order valence-electron chi connectivity index (χ2n) is 8.01. The number of rotatable bonds is 10. The molecule has 7 heteroatoms. The standard InChI is InChI=1S/C13H18O3.C7H14O2.C5H10O2.6CH4/c1-3-11(2)13(14)16-10-9-15-12-7-5-4-6-8-12;1-5-7(2,3)6(8)9-4;1-3-4(2)5(6)7;;;;;;/h4-8,11H,3,9-10H2,1-2H3;5H2,1-4H3;4H,3H2,1-2H3,(H,6,7);6*1H4. The van der Waals surface area contributed by atoms with E-state index < -0.39 is 5.97 Å². The Hall–Kier alpha value is -2.57. The van der Waals surface area contributed by atoms with Crippen molar-refractivity contribution in [1.82, 2.24) is 0 Å². The molecular weight excluding hydrogens is 484 g/mol. The smallest absolute Gasteiger partial charge is 0.311 e. The molecular formula is C31H66O7. The van der Waals surface area contributed by atoms with Gasteiger partial charge in [-0.15, -0.1) is 0 Å². The predicted molar refractivity (Wildman–Crippen MR) is 166 cm³/mol. The Labute approximate surface area is 237 Å². The highest BCUT2D eigenvalue weighted by Crippen LogP contribution is 2.20. The van der Waals surface area contributed by atoms with E-state index in [2.05, 4.69) is 4.74 Å². The second kappa shape index (κ2) is 32.5. The minimum Gasteiger partial charge on any atom is -0.490 e. The van der Waals surface area contributed by atoms with Crippen LogP contribution in [0, 0.1) is 17.3 Å². The lowest BCUT2D eigenvalue weighted by Gasteiger charge is -2.17. The number of carboxylic acid groups (broad SMARTS) is 1. The summed E-state index contributed by atoms with van der Waals surface area (Å²) in [6.07, 6.45) is 2.34. The van der Waals surface area contributed by atoms with Crippen LogP contribution < -0.4 is 4.74 Å². The van der Waals surface area contributed by atoms with Gasteiger partial charge in [-0.1, -0.05) is 97.4 Å². The Morgan fingerprint density at radius 3 is 1.55 bits per heavy atom. The summed E-state index contributed by atoms with van der Waals surface area (Å²) in [5.74, 6) is -0.412. The highest BCUT2D eigenvalue weighted by molar-refractivity contribution is 5.75. The lowest BCUT2D eigenvalue weighted by Crippen LogP contribution is -2.24. The molecule has 2 unspecified atom stereocenters. The van der Waals surface area contributed by atoms with Crippen LogP contribution in [0.15, 0.2) is 30.3 Å². The third-order valence-corrected chi connectivity index (χ3v) is 5.01. The minimum absolute atomic E-state index is 0. The Morgan fingerprint density at radius 2 is 1.26 bits per heavy atom. The first-order valence-electron chi connectivity index (χ1n) is 11.1. The van der Waals surface area contributed by atoms with Crippen molar-refractivity contribution >= 4 is 17.9 Å². The lowest BCUT2D eigenvalue weighted by molar-refractivity contribution is -0.151. The zero-order valence-electron chi connectivity index (χ0n) is 21.0. The summed E-state index contributed by atoms with van der Waals surface area (Å²) in [5, 5.41) is 8.18. The highest BCUT2D eigenvalue weighted by Gasteiger charge is 2.25. The van der Waals surface area contributed by atoms with Gasteiger partial charge in [0, 0.05) is 0 Å². The first-order valence-corrected chi connectivity index (χ1v) is 11.1. The van der Waals surface area contributed by atoms with Crippen molar-refractivity contribution in [3.63, 3.8) is 0 Å². The second-order valence-corrected chi connectivity index (χ2v) is 8.01. The molecule has 0 saturated carbocycles. The van der Waals surface area contributed by atoms with E-state index in [1.807, 2.05) is 71.9 Å². The normalized spacial score (nSPS) is 10.1. The van der Waals surface area contributed by atoms with Gasteiger partial charge >= 0.3 is 17.9 Å². The molecule has 0 saturated heterocycles. The molecule has 1 aromatic carbocycles. The van der Waals surface area contributed by atoms with Crippen LogP contribution in [0.25, 0.3) is 0 Å². The van der Waals surface area contributed by atoms with Gasteiger partial charge in [0.05, 0.1) is 24.4 Å². The molecule has 1 rings (SSSR count). The van der Waals surface area contributed by atoms with Crippen LogP contribution in [-0.4, -0.2) is 43.3 Å². The van der Waals surface area contributed by atoms with E-state index in [-0.39, 0.29) is 73.7 Å². The van der Waals surface area contributed by atoms with Crippen LogP contribution in [0.1, 0.15) is 112 Å². The fourth-order valence-corrected chi connectivity index (χ4v) is 1.72. The fourth-order valence-electron chi connectivity index (χ4n) is 1.72. The van der Waals surface area contributed by atoms with Crippen LogP contribution in [-0.2, 0) is 23.9 Å². The molecule has 7 nitrogen and oxygen atoms in total. The molecule has 0 fully saturated rings. The van der Waals surface area contributed by atoms with E-state index in [9.17, 15) is 14.4 Å². The van der Waals surface area contributed by atoms with Gasteiger partial charge in [-0.25, -0.2) is 0 Å². The van der Waals surface area contributed by atoms with Gasteiger partial charge in [0.2, 0.25) is 0 Å². The van der Waals surface area contributed by atoms with Gasteiger partial charge in [0.1, 0.15) is 19.0 Å². The summed E-state index contributed by atoms with van der Waals surface area (Å²) < 4.78 is 15.0. The molecule has 1 aromatic rings. The monoisotopic (exact) mass is 550 g/mol. The van der Waals surface area contributed by atoms with Crippen molar-refractivity contribution in [2.75, 3.05) is 20.3 Å². The number of ether oxygens (including phenoxy) is 3. The van der Waals surface area contributed by atoms with E-state index in [0.717, 1.165) is 25.0 Å². The number of methoxy groups -OCH3 is 1. The molecule has 1 N–H and O–H groups in total. The molecule has 232 valence electrons. The summed E-state index contributed by atoms with van der Waals surface area (Å²) in [6, 6.07) is 9.48. The molecule has 0 spiro atoms. The summed E-state index contributed by atoms with van der Waals surface area (Å²) >= 11 is 0. The number of para-hydroxylation sites is 1.